The first-order valence-corrected chi connectivity index (χ1v) is 7.71. The van der Waals surface area contributed by atoms with E-state index >= 15 is 0 Å². The third kappa shape index (κ3) is 2.68. The fourth-order valence-corrected chi connectivity index (χ4v) is 3.48. The summed E-state index contributed by atoms with van der Waals surface area (Å²) in [6.45, 7) is 0.633. The molecule has 2 aromatic rings. The lowest BCUT2D eigenvalue weighted by molar-refractivity contribution is 0.0685. The van der Waals surface area contributed by atoms with Crippen LogP contribution < -0.4 is 5.32 Å². The molecule has 0 bridgehead atoms. The van der Waals surface area contributed by atoms with Gasteiger partial charge in [0, 0.05) is 36.1 Å². The highest BCUT2D eigenvalue weighted by Gasteiger charge is 2.21. The molecule has 0 amide bonds. The number of carbonyl (C=O) groups is 1. The Labute approximate surface area is 124 Å². The van der Waals surface area contributed by atoms with Gasteiger partial charge in [-0.15, -0.1) is 0 Å². The molecule has 3 rings (SSSR count). The van der Waals surface area contributed by atoms with E-state index in [0.29, 0.717) is 18.3 Å². The van der Waals surface area contributed by atoms with E-state index in [1.165, 1.54) is 32.1 Å². The minimum atomic E-state index is -0.853. The quantitative estimate of drug-likeness (QED) is 0.906. The van der Waals surface area contributed by atoms with Crippen molar-refractivity contribution in [2.75, 3.05) is 0 Å². The van der Waals surface area contributed by atoms with Crippen molar-refractivity contribution in [3.63, 3.8) is 0 Å². The van der Waals surface area contributed by atoms with Crippen LogP contribution in [0.3, 0.4) is 0 Å². The van der Waals surface area contributed by atoms with Gasteiger partial charge in [-0.2, -0.15) is 0 Å². The van der Waals surface area contributed by atoms with Crippen molar-refractivity contribution in [3.05, 3.63) is 35.5 Å². The van der Waals surface area contributed by atoms with Crippen LogP contribution in [-0.2, 0) is 13.6 Å². The van der Waals surface area contributed by atoms with Crippen LogP contribution in [0.25, 0.3) is 10.9 Å². The maximum atomic E-state index is 11.6. The summed E-state index contributed by atoms with van der Waals surface area (Å²) >= 11 is 0. The van der Waals surface area contributed by atoms with E-state index in [9.17, 15) is 9.90 Å². The first-order chi connectivity index (χ1) is 10.2. The highest BCUT2D eigenvalue weighted by atomic mass is 16.4. The Morgan fingerprint density at radius 3 is 2.71 bits per heavy atom. The third-order valence-corrected chi connectivity index (χ3v) is 4.59. The fraction of sp³-hybridized carbons (Fsp3) is 0.471. The normalized spacial score (nSPS) is 16.4. The molecule has 0 atom stereocenters. The van der Waals surface area contributed by atoms with E-state index in [-0.39, 0.29) is 0 Å². The third-order valence-electron chi connectivity index (χ3n) is 4.59. The molecule has 1 aliphatic rings. The Morgan fingerprint density at radius 2 is 2.00 bits per heavy atom. The Bertz CT molecular complexity index is 654. The molecular weight excluding hydrogens is 264 g/mol. The molecule has 0 radical (unpaired) electrons. The highest BCUT2D eigenvalue weighted by molar-refractivity contribution is 5.98. The van der Waals surface area contributed by atoms with Crippen molar-refractivity contribution in [2.24, 2.45) is 7.05 Å². The molecule has 1 aromatic carbocycles. The Balaban J connectivity index is 1.92. The summed E-state index contributed by atoms with van der Waals surface area (Å²) < 4.78 is 1.79. The second-order valence-electron chi connectivity index (χ2n) is 5.92. The second kappa shape index (κ2) is 5.90. The monoisotopic (exact) mass is 286 g/mol. The maximum absolute atomic E-state index is 11.6. The molecular formula is C17H22N2O2. The molecule has 1 fully saturated rings. The lowest BCUT2D eigenvalue weighted by Gasteiger charge is -2.23. The SMILES string of the molecule is Cn1c(C(=O)O)c(CNC2CCCCC2)c2ccccc21. The molecule has 1 heterocycles. The van der Waals surface area contributed by atoms with Gasteiger partial charge in [0.2, 0.25) is 0 Å². The van der Waals surface area contributed by atoms with Crippen LogP contribution in [0.5, 0.6) is 0 Å². The zero-order chi connectivity index (χ0) is 14.8. The number of rotatable bonds is 4. The van der Waals surface area contributed by atoms with Crippen LogP contribution in [-0.4, -0.2) is 21.7 Å². The largest absolute Gasteiger partial charge is 0.477 e. The van der Waals surface area contributed by atoms with Crippen molar-refractivity contribution in [3.8, 4) is 0 Å². The molecule has 0 spiro atoms. The van der Waals surface area contributed by atoms with Crippen LogP contribution in [0.4, 0.5) is 0 Å². The second-order valence-corrected chi connectivity index (χ2v) is 5.92. The fourth-order valence-electron chi connectivity index (χ4n) is 3.48. The number of carboxylic acid groups (broad SMARTS) is 1. The first-order valence-electron chi connectivity index (χ1n) is 7.71. The number of nitrogens with one attached hydrogen (secondary N) is 1. The van der Waals surface area contributed by atoms with Gasteiger partial charge in [0.05, 0.1) is 0 Å². The van der Waals surface area contributed by atoms with Crippen molar-refractivity contribution in [1.29, 1.82) is 0 Å². The molecule has 1 saturated carbocycles. The Kier molecular flexibility index (Phi) is 3.97. The van der Waals surface area contributed by atoms with Gasteiger partial charge in [0.1, 0.15) is 5.69 Å². The number of aryl methyl sites for hydroxylation is 1. The number of hydrogen-bond donors (Lipinski definition) is 2. The van der Waals surface area contributed by atoms with E-state index in [4.69, 9.17) is 0 Å². The van der Waals surface area contributed by atoms with Gasteiger partial charge >= 0.3 is 5.97 Å². The van der Waals surface area contributed by atoms with E-state index in [0.717, 1.165) is 16.5 Å². The Hall–Kier alpha value is -1.81. The molecule has 1 aromatic heterocycles. The molecule has 4 heteroatoms. The number of carboxylic acids is 1. The van der Waals surface area contributed by atoms with Crippen molar-refractivity contribution in [1.82, 2.24) is 9.88 Å². The number of fused-ring (bicyclic) bond motifs is 1. The molecule has 4 nitrogen and oxygen atoms in total. The zero-order valence-electron chi connectivity index (χ0n) is 12.4. The average Bonchev–Trinajstić information content (AvgIpc) is 2.79. The Morgan fingerprint density at radius 1 is 1.29 bits per heavy atom. The molecule has 21 heavy (non-hydrogen) atoms. The first kappa shape index (κ1) is 14.1. The average molecular weight is 286 g/mol. The van der Waals surface area contributed by atoms with Gasteiger partial charge in [-0.25, -0.2) is 4.79 Å². The molecule has 0 saturated heterocycles. The van der Waals surface area contributed by atoms with E-state index < -0.39 is 5.97 Å². The topological polar surface area (TPSA) is 54.3 Å². The number of aromatic nitrogens is 1. The molecule has 2 N–H and O–H groups in total. The van der Waals surface area contributed by atoms with Crippen LogP contribution in [0.2, 0.25) is 0 Å². The summed E-state index contributed by atoms with van der Waals surface area (Å²) in [5.74, 6) is -0.853. The summed E-state index contributed by atoms with van der Waals surface area (Å²) in [5, 5.41) is 14.1. The van der Waals surface area contributed by atoms with Crippen LogP contribution in [0.1, 0.15) is 48.2 Å². The number of nitrogens with zero attached hydrogens (tertiary/aromatic N) is 1. The number of aromatic carboxylic acids is 1. The van der Waals surface area contributed by atoms with Crippen LogP contribution >= 0.6 is 0 Å². The van der Waals surface area contributed by atoms with Gasteiger partial charge in [0.15, 0.2) is 0 Å². The van der Waals surface area contributed by atoms with Gasteiger partial charge in [-0.3, -0.25) is 0 Å². The smallest absolute Gasteiger partial charge is 0.352 e. The van der Waals surface area contributed by atoms with E-state index in [2.05, 4.69) is 5.32 Å². The summed E-state index contributed by atoms with van der Waals surface area (Å²) in [7, 11) is 1.83. The number of hydrogen-bond acceptors (Lipinski definition) is 2. The van der Waals surface area contributed by atoms with Gasteiger partial charge in [-0.05, 0) is 18.9 Å². The molecule has 1 aliphatic carbocycles. The van der Waals surface area contributed by atoms with Crippen molar-refractivity contribution < 1.29 is 9.90 Å². The summed E-state index contributed by atoms with van der Waals surface area (Å²) in [4.78, 5) is 11.6. The van der Waals surface area contributed by atoms with Crippen molar-refractivity contribution >= 4 is 16.9 Å². The van der Waals surface area contributed by atoms with Gasteiger partial charge in [-0.1, -0.05) is 37.5 Å². The van der Waals surface area contributed by atoms with Gasteiger partial charge < -0.3 is 15.0 Å². The molecule has 0 aliphatic heterocycles. The van der Waals surface area contributed by atoms with Crippen molar-refractivity contribution in [2.45, 2.75) is 44.7 Å². The maximum Gasteiger partial charge on any atom is 0.352 e. The van der Waals surface area contributed by atoms with Gasteiger partial charge in [0.25, 0.3) is 0 Å². The lowest BCUT2D eigenvalue weighted by Crippen LogP contribution is -2.31. The standard InChI is InChI=1S/C17H22N2O2/c1-19-15-10-6-5-9-13(15)14(16(19)17(20)21)11-18-12-7-3-2-4-8-12/h5-6,9-10,12,18H,2-4,7-8,11H2,1H3,(H,20,21). The molecule has 0 unspecified atom stereocenters. The predicted molar refractivity (Wildman–Crippen MR) is 83.6 cm³/mol. The summed E-state index contributed by atoms with van der Waals surface area (Å²) in [5.41, 5.74) is 2.29. The van der Waals surface area contributed by atoms with E-state index in [1.54, 1.807) is 4.57 Å². The zero-order valence-corrected chi connectivity index (χ0v) is 12.4. The molecule has 112 valence electrons. The summed E-state index contributed by atoms with van der Waals surface area (Å²) in [6, 6.07) is 8.44. The number of benzene rings is 1. The number of para-hydroxylation sites is 1. The highest BCUT2D eigenvalue weighted by Crippen LogP contribution is 2.26. The van der Waals surface area contributed by atoms with Crippen LogP contribution in [0, 0.1) is 0 Å². The summed E-state index contributed by atoms with van der Waals surface area (Å²) in [6.07, 6.45) is 6.28. The minimum absolute atomic E-state index is 0.402. The predicted octanol–water partition coefficient (Wildman–Crippen LogP) is 3.30. The lowest BCUT2D eigenvalue weighted by atomic mass is 9.95. The minimum Gasteiger partial charge on any atom is -0.477 e. The van der Waals surface area contributed by atoms with Crippen LogP contribution in [0.15, 0.2) is 24.3 Å². The van der Waals surface area contributed by atoms with E-state index in [1.807, 2.05) is 31.3 Å².